The summed E-state index contributed by atoms with van der Waals surface area (Å²) in [5, 5.41) is 14.0. The summed E-state index contributed by atoms with van der Waals surface area (Å²) in [5.41, 5.74) is 0.363. The average molecular weight is 351 g/mol. The maximum Gasteiger partial charge on any atom is 0.273 e. The standard InChI is InChI=1S/C16H15ClN2O5/c1-10(16(20)18-12-5-3-4-11(17)8-12)24-15-9-13(19(21)22)6-7-14(15)23-2/h3-10H,1-2H3,(H,18,20)/t10-/m1/s1. The number of nitrogens with zero attached hydrogens (tertiary/aromatic N) is 1. The van der Waals surface area contributed by atoms with E-state index in [1.807, 2.05) is 0 Å². The number of carbonyl (C=O) groups is 1. The van der Waals surface area contributed by atoms with E-state index in [2.05, 4.69) is 5.32 Å². The normalized spacial score (nSPS) is 11.5. The number of anilines is 1. The first kappa shape index (κ1) is 17.6. The Morgan fingerprint density at radius 1 is 1.25 bits per heavy atom. The number of hydrogen-bond donors (Lipinski definition) is 1. The molecule has 0 spiro atoms. The lowest BCUT2D eigenvalue weighted by Gasteiger charge is -2.16. The van der Waals surface area contributed by atoms with Crippen LogP contribution in [0.25, 0.3) is 0 Å². The Morgan fingerprint density at radius 3 is 2.62 bits per heavy atom. The number of ether oxygens (including phenoxy) is 2. The molecule has 0 saturated heterocycles. The minimum Gasteiger partial charge on any atom is -0.493 e. The maximum absolute atomic E-state index is 12.2. The summed E-state index contributed by atoms with van der Waals surface area (Å²) in [4.78, 5) is 22.5. The number of nitrogens with one attached hydrogen (secondary N) is 1. The van der Waals surface area contributed by atoms with Crippen LogP contribution in [0.5, 0.6) is 11.5 Å². The Kier molecular flexibility index (Phi) is 5.59. The molecule has 1 atom stereocenters. The third-order valence-electron chi connectivity index (χ3n) is 3.12. The number of halogens is 1. The van der Waals surface area contributed by atoms with Crippen molar-refractivity contribution >= 4 is 28.9 Å². The van der Waals surface area contributed by atoms with Crippen molar-refractivity contribution in [3.05, 3.63) is 57.6 Å². The van der Waals surface area contributed by atoms with Gasteiger partial charge in [-0.1, -0.05) is 17.7 Å². The van der Waals surface area contributed by atoms with Gasteiger partial charge in [-0.2, -0.15) is 0 Å². The highest BCUT2D eigenvalue weighted by Crippen LogP contribution is 2.32. The minimum absolute atomic E-state index is 0.112. The zero-order valence-electron chi connectivity index (χ0n) is 13.0. The molecule has 8 heteroatoms. The van der Waals surface area contributed by atoms with E-state index >= 15 is 0 Å². The van der Waals surface area contributed by atoms with Crippen LogP contribution in [0.3, 0.4) is 0 Å². The van der Waals surface area contributed by atoms with Crippen LogP contribution in [0.2, 0.25) is 5.02 Å². The predicted molar refractivity (Wildman–Crippen MR) is 89.8 cm³/mol. The Labute approximate surface area is 143 Å². The molecule has 0 aliphatic carbocycles. The molecule has 0 aliphatic rings. The average Bonchev–Trinajstić information content (AvgIpc) is 2.54. The SMILES string of the molecule is COc1ccc([N+](=O)[O-])cc1O[C@H](C)C(=O)Nc1cccc(Cl)c1. The van der Waals surface area contributed by atoms with Gasteiger partial charge in [0.05, 0.1) is 18.1 Å². The van der Waals surface area contributed by atoms with E-state index in [9.17, 15) is 14.9 Å². The number of methoxy groups -OCH3 is 1. The molecule has 24 heavy (non-hydrogen) atoms. The number of non-ortho nitro benzene ring substituents is 1. The van der Waals surface area contributed by atoms with Crippen LogP contribution in [-0.2, 0) is 4.79 Å². The smallest absolute Gasteiger partial charge is 0.273 e. The summed E-state index contributed by atoms with van der Waals surface area (Å²) in [6, 6.07) is 10.6. The van der Waals surface area contributed by atoms with E-state index in [0.29, 0.717) is 16.5 Å². The van der Waals surface area contributed by atoms with E-state index in [0.717, 1.165) is 0 Å². The number of rotatable bonds is 6. The van der Waals surface area contributed by atoms with Gasteiger partial charge in [0.15, 0.2) is 17.6 Å². The van der Waals surface area contributed by atoms with Gasteiger partial charge < -0.3 is 14.8 Å². The second-order valence-electron chi connectivity index (χ2n) is 4.85. The largest absolute Gasteiger partial charge is 0.493 e. The highest BCUT2D eigenvalue weighted by molar-refractivity contribution is 6.30. The molecule has 2 aromatic rings. The minimum atomic E-state index is -0.903. The molecular formula is C16H15ClN2O5. The van der Waals surface area contributed by atoms with Gasteiger partial charge in [0.1, 0.15) is 0 Å². The van der Waals surface area contributed by atoms with Crippen molar-refractivity contribution in [2.45, 2.75) is 13.0 Å². The zero-order valence-corrected chi connectivity index (χ0v) is 13.7. The lowest BCUT2D eigenvalue weighted by molar-refractivity contribution is -0.385. The number of hydrogen-bond acceptors (Lipinski definition) is 5. The Hall–Kier alpha value is -2.80. The number of amides is 1. The Balaban J connectivity index is 2.13. The zero-order chi connectivity index (χ0) is 17.7. The molecule has 0 unspecified atom stereocenters. The van der Waals surface area contributed by atoms with Crippen LogP contribution in [0.4, 0.5) is 11.4 Å². The molecular weight excluding hydrogens is 336 g/mol. The van der Waals surface area contributed by atoms with Crippen molar-refractivity contribution in [3.63, 3.8) is 0 Å². The summed E-state index contributed by atoms with van der Waals surface area (Å²) >= 11 is 5.86. The third kappa shape index (κ3) is 4.36. The summed E-state index contributed by atoms with van der Waals surface area (Å²) < 4.78 is 10.6. The molecule has 0 saturated carbocycles. The van der Waals surface area contributed by atoms with Crippen LogP contribution in [0.15, 0.2) is 42.5 Å². The number of benzene rings is 2. The van der Waals surface area contributed by atoms with E-state index in [4.69, 9.17) is 21.1 Å². The molecule has 7 nitrogen and oxygen atoms in total. The van der Waals surface area contributed by atoms with Crippen LogP contribution in [-0.4, -0.2) is 24.0 Å². The van der Waals surface area contributed by atoms with Crippen molar-refractivity contribution in [2.75, 3.05) is 12.4 Å². The molecule has 0 fully saturated rings. The van der Waals surface area contributed by atoms with Crippen LogP contribution in [0, 0.1) is 10.1 Å². The van der Waals surface area contributed by atoms with Gasteiger partial charge in [0.2, 0.25) is 0 Å². The van der Waals surface area contributed by atoms with Gasteiger partial charge in [-0.05, 0) is 31.2 Å². The lowest BCUT2D eigenvalue weighted by Crippen LogP contribution is -2.30. The van der Waals surface area contributed by atoms with Gasteiger partial charge >= 0.3 is 0 Å². The van der Waals surface area contributed by atoms with Crippen molar-refractivity contribution in [1.29, 1.82) is 0 Å². The van der Waals surface area contributed by atoms with Crippen LogP contribution in [0.1, 0.15) is 6.92 Å². The van der Waals surface area contributed by atoms with Crippen molar-refractivity contribution in [3.8, 4) is 11.5 Å². The second kappa shape index (κ2) is 7.65. The number of nitro groups is 1. The topological polar surface area (TPSA) is 90.7 Å². The molecule has 0 heterocycles. The van der Waals surface area contributed by atoms with Gasteiger partial charge in [0.25, 0.3) is 11.6 Å². The van der Waals surface area contributed by atoms with Crippen molar-refractivity contribution in [1.82, 2.24) is 0 Å². The molecule has 0 aromatic heterocycles. The number of nitro benzene ring substituents is 1. The predicted octanol–water partition coefficient (Wildman–Crippen LogP) is 3.66. The quantitative estimate of drug-likeness (QED) is 0.634. The molecule has 0 bridgehead atoms. The molecule has 126 valence electrons. The first-order valence-corrected chi connectivity index (χ1v) is 7.34. The van der Waals surface area contributed by atoms with E-state index in [1.165, 1.54) is 32.2 Å². The van der Waals surface area contributed by atoms with E-state index in [-0.39, 0.29) is 11.4 Å². The molecule has 2 rings (SSSR count). The maximum atomic E-state index is 12.2. The van der Waals surface area contributed by atoms with Gasteiger partial charge in [-0.15, -0.1) is 0 Å². The van der Waals surface area contributed by atoms with Gasteiger partial charge in [0, 0.05) is 16.8 Å². The first-order valence-electron chi connectivity index (χ1n) is 6.96. The third-order valence-corrected chi connectivity index (χ3v) is 3.36. The van der Waals surface area contributed by atoms with Crippen molar-refractivity contribution < 1.29 is 19.2 Å². The van der Waals surface area contributed by atoms with Crippen LogP contribution < -0.4 is 14.8 Å². The summed E-state index contributed by atoms with van der Waals surface area (Å²) in [5.74, 6) is -0.0192. The lowest BCUT2D eigenvalue weighted by atomic mass is 10.2. The monoisotopic (exact) mass is 350 g/mol. The fourth-order valence-corrected chi connectivity index (χ4v) is 2.12. The summed E-state index contributed by atoms with van der Waals surface area (Å²) in [7, 11) is 1.41. The molecule has 0 aliphatic heterocycles. The second-order valence-corrected chi connectivity index (χ2v) is 5.29. The fraction of sp³-hybridized carbons (Fsp3) is 0.188. The Bertz CT molecular complexity index is 766. The molecule has 2 aromatic carbocycles. The van der Waals surface area contributed by atoms with Gasteiger partial charge in [-0.25, -0.2) is 0 Å². The highest BCUT2D eigenvalue weighted by Gasteiger charge is 2.19. The molecule has 0 radical (unpaired) electrons. The highest BCUT2D eigenvalue weighted by atomic mass is 35.5. The summed E-state index contributed by atoms with van der Waals surface area (Å²) in [6.07, 6.45) is -0.903. The van der Waals surface area contributed by atoms with Gasteiger partial charge in [-0.3, -0.25) is 14.9 Å². The molecule has 1 N–H and O–H groups in total. The first-order chi connectivity index (χ1) is 11.4. The molecule has 1 amide bonds. The van der Waals surface area contributed by atoms with E-state index < -0.39 is 16.9 Å². The fourth-order valence-electron chi connectivity index (χ4n) is 1.93. The summed E-state index contributed by atoms with van der Waals surface area (Å²) in [6.45, 7) is 1.53. The van der Waals surface area contributed by atoms with Crippen molar-refractivity contribution in [2.24, 2.45) is 0 Å². The number of carbonyl (C=O) groups excluding carboxylic acids is 1. The Morgan fingerprint density at radius 2 is 2.00 bits per heavy atom. The van der Waals surface area contributed by atoms with E-state index in [1.54, 1.807) is 24.3 Å². The van der Waals surface area contributed by atoms with Crippen LogP contribution >= 0.6 is 11.6 Å².